The normalized spacial score (nSPS) is 10.2. The summed E-state index contributed by atoms with van der Waals surface area (Å²) in [5, 5.41) is 9.11. The average molecular weight is 218 g/mol. The molecular formula is C10H22N2O3. The largest absolute Gasteiger partial charge is 0.233 e. The summed E-state index contributed by atoms with van der Waals surface area (Å²) in [5.41, 5.74) is 1.69. The summed E-state index contributed by atoms with van der Waals surface area (Å²) in [4.78, 5) is 14.4. The number of rotatable bonds is 11. The van der Waals surface area contributed by atoms with E-state index in [0.29, 0.717) is 6.61 Å². The Labute approximate surface area is 91.3 Å². The highest BCUT2D eigenvalue weighted by Gasteiger charge is 1.94. The molecule has 0 fully saturated rings. The summed E-state index contributed by atoms with van der Waals surface area (Å²) in [6.07, 6.45) is 9.68. The molecule has 15 heavy (non-hydrogen) atoms. The van der Waals surface area contributed by atoms with Gasteiger partial charge in [-0.1, -0.05) is 51.9 Å². The van der Waals surface area contributed by atoms with Gasteiger partial charge < -0.3 is 0 Å². The van der Waals surface area contributed by atoms with Crippen LogP contribution in [-0.4, -0.2) is 11.6 Å². The molecule has 0 aromatic heterocycles. The third-order valence-electron chi connectivity index (χ3n) is 2.24. The molecule has 0 radical (unpaired) electrons. The van der Waals surface area contributed by atoms with E-state index in [1.807, 2.05) is 0 Å². The van der Waals surface area contributed by atoms with E-state index in [1.54, 1.807) is 5.59 Å². The van der Waals surface area contributed by atoms with Crippen molar-refractivity contribution in [2.45, 2.75) is 58.3 Å². The molecule has 90 valence electrons. The molecule has 0 rings (SSSR count). The summed E-state index contributed by atoms with van der Waals surface area (Å²) in [6.45, 7) is 2.62. The molecule has 0 aliphatic carbocycles. The quantitative estimate of drug-likeness (QED) is 0.329. The van der Waals surface area contributed by atoms with Crippen LogP contribution < -0.4 is 5.59 Å². The van der Waals surface area contributed by atoms with Crippen molar-refractivity contribution in [3.8, 4) is 0 Å². The van der Waals surface area contributed by atoms with E-state index in [1.165, 1.54) is 38.5 Å². The van der Waals surface area contributed by atoms with E-state index in [0.717, 1.165) is 12.8 Å². The van der Waals surface area contributed by atoms with Crippen molar-refractivity contribution >= 4 is 0 Å². The lowest BCUT2D eigenvalue weighted by molar-refractivity contribution is -0.606. The number of hydrogen-bond acceptors (Lipinski definition) is 3. The van der Waals surface area contributed by atoms with Gasteiger partial charge in [-0.2, -0.15) is 0 Å². The van der Waals surface area contributed by atoms with Crippen LogP contribution in [-0.2, 0) is 4.84 Å². The smallest absolute Gasteiger partial charge is 0.184 e. The molecule has 0 aliphatic heterocycles. The Kier molecular flexibility index (Phi) is 10.6. The van der Waals surface area contributed by atoms with E-state index in [9.17, 15) is 10.1 Å². The molecular weight excluding hydrogens is 196 g/mol. The second kappa shape index (κ2) is 11.2. The Morgan fingerprint density at radius 1 is 1.07 bits per heavy atom. The topological polar surface area (TPSA) is 64.4 Å². The average Bonchev–Trinajstić information content (AvgIpc) is 2.20. The number of hydrazine groups is 1. The van der Waals surface area contributed by atoms with E-state index >= 15 is 0 Å². The first kappa shape index (κ1) is 14.2. The lowest BCUT2D eigenvalue weighted by Gasteiger charge is -2.01. The van der Waals surface area contributed by atoms with Gasteiger partial charge >= 0.3 is 0 Å². The van der Waals surface area contributed by atoms with Crippen molar-refractivity contribution in [2.24, 2.45) is 0 Å². The molecule has 0 aliphatic rings. The maximum atomic E-state index is 9.80. The van der Waals surface area contributed by atoms with Crippen LogP contribution in [0, 0.1) is 10.1 Å². The van der Waals surface area contributed by atoms with Gasteiger partial charge in [0.05, 0.1) is 6.61 Å². The Morgan fingerprint density at radius 3 is 2.13 bits per heavy atom. The van der Waals surface area contributed by atoms with E-state index in [-0.39, 0.29) is 0 Å². The summed E-state index contributed by atoms with van der Waals surface area (Å²) in [6, 6.07) is 0. The maximum Gasteiger partial charge on any atom is 0.184 e. The predicted octanol–water partition coefficient (Wildman–Crippen LogP) is 2.84. The molecule has 0 aromatic rings. The number of nitrogens with zero attached hydrogens (tertiary/aromatic N) is 1. The lowest BCUT2D eigenvalue weighted by atomic mass is 10.1. The van der Waals surface area contributed by atoms with Gasteiger partial charge in [0.2, 0.25) is 0 Å². The zero-order valence-corrected chi connectivity index (χ0v) is 9.54. The molecule has 0 unspecified atom stereocenters. The molecule has 0 amide bonds. The first-order valence-electron chi connectivity index (χ1n) is 5.79. The minimum Gasteiger partial charge on any atom is -0.233 e. The first-order valence-corrected chi connectivity index (χ1v) is 5.79. The zero-order chi connectivity index (χ0) is 11.4. The van der Waals surface area contributed by atoms with Crippen molar-refractivity contribution in [1.82, 2.24) is 5.59 Å². The summed E-state index contributed by atoms with van der Waals surface area (Å²) >= 11 is 0. The number of nitrogens with one attached hydrogen (secondary N) is 1. The van der Waals surface area contributed by atoms with Crippen LogP contribution in [0.1, 0.15) is 58.3 Å². The molecule has 0 aromatic carbocycles. The molecule has 1 N–H and O–H groups in total. The standard InChI is InChI=1S/C10H22N2O3/c1-2-3-4-5-6-7-8-9-10-15-11-12(13)14/h11H,2-10H2,1H3. The lowest BCUT2D eigenvalue weighted by Crippen LogP contribution is -2.22. The fraction of sp³-hybridized carbons (Fsp3) is 1.00. The fourth-order valence-electron chi connectivity index (χ4n) is 1.41. The van der Waals surface area contributed by atoms with Gasteiger partial charge in [0.15, 0.2) is 5.03 Å². The SMILES string of the molecule is CCCCCCCCCCON[N+](=O)[O-]. The van der Waals surface area contributed by atoms with Gasteiger partial charge in [-0.15, -0.1) is 0 Å². The van der Waals surface area contributed by atoms with E-state index < -0.39 is 5.03 Å². The summed E-state index contributed by atoms with van der Waals surface area (Å²) < 4.78 is 0. The monoisotopic (exact) mass is 218 g/mol. The highest BCUT2D eigenvalue weighted by molar-refractivity contribution is 4.45. The van der Waals surface area contributed by atoms with Gasteiger partial charge in [0.25, 0.3) is 0 Å². The van der Waals surface area contributed by atoms with Crippen molar-refractivity contribution in [1.29, 1.82) is 0 Å². The first-order chi connectivity index (χ1) is 7.27. The van der Waals surface area contributed by atoms with Crippen molar-refractivity contribution in [3.63, 3.8) is 0 Å². The van der Waals surface area contributed by atoms with Gasteiger partial charge in [0.1, 0.15) is 0 Å². The Hall–Kier alpha value is -0.840. The predicted molar refractivity (Wildman–Crippen MR) is 58.7 cm³/mol. The van der Waals surface area contributed by atoms with Gasteiger partial charge in [-0.25, -0.2) is 15.0 Å². The van der Waals surface area contributed by atoms with E-state index in [2.05, 4.69) is 11.8 Å². The fourth-order valence-corrected chi connectivity index (χ4v) is 1.41. The molecule has 5 heteroatoms. The Balaban J connectivity index is 2.89. The van der Waals surface area contributed by atoms with E-state index in [4.69, 9.17) is 0 Å². The number of hydrogen-bond donors (Lipinski definition) is 1. The van der Waals surface area contributed by atoms with Crippen molar-refractivity contribution < 1.29 is 9.87 Å². The van der Waals surface area contributed by atoms with Gasteiger partial charge in [-0.05, 0) is 12.0 Å². The van der Waals surface area contributed by atoms with Gasteiger partial charge in [0, 0.05) is 0 Å². The van der Waals surface area contributed by atoms with Crippen LogP contribution in [0.25, 0.3) is 0 Å². The van der Waals surface area contributed by atoms with Crippen LogP contribution in [0.3, 0.4) is 0 Å². The number of unbranched alkanes of at least 4 members (excludes halogenated alkanes) is 7. The molecule has 5 nitrogen and oxygen atoms in total. The molecule has 0 bridgehead atoms. The highest BCUT2D eigenvalue weighted by atomic mass is 16.8. The van der Waals surface area contributed by atoms with Crippen molar-refractivity contribution in [3.05, 3.63) is 10.1 Å². The summed E-state index contributed by atoms with van der Waals surface area (Å²) in [7, 11) is 0. The highest BCUT2D eigenvalue weighted by Crippen LogP contribution is 2.07. The third-order valence-corrected chi connectivity index (χ3v) is 2.24. The van der Waals surface area contributed by atoms with Crippen LogP contribution >= 0.6 is 0 Å². The van der Waals surface area contributed by atoms with Crippen LogP contribution in [0.5, 0.6) is 0 Å². The Morgan fingerprint density at radius 2 is 1.60 bits per heavy atom. The zero-order valence-electron chi connectivity index (χ0n) is 9.54. The number of nitro groups is 1. The van der Waals surface area contributed by atoms with Crippen LogP contribution in [0.15, 0.2) is 0 Å². The molecule has 0 heterocycles. The molecule has 0 saturated heterocycles. The third kappa shape index (κ3) is 13.2. The second-order valence-corrected chi connectivity index (χ2v) is 3.67. The minimum absolute atomic E-state index is 0.413. The minimum atomic E-state index is -0.690. The van der Waals surface area contributed by atoms with Crippen molar-refractivity contribution in [2.75, 3.05) is 6.61 Å². The Bertz CT molecular complexity index is 154. The summed E-state index contributed by atoms with van der Waals surface area (Å²) in [5.74, 6) is 0. The molecule has 0 saturated carbocycles. The van der Waals surface area contributed by atoms with Crippen LogP contribution in [0.2, 0.25) is 0 Å². The molecule has 0 atom stereocenters. The van der Waals surface area contributed by atoms with Gasteiger partial charge in [-0.3, -0.25) is 0 Å². The maximum absolute atomic E-state index is 9.80. The second-order valence-electron chi connectivity index (χ2n) is 3.67. The van der Waals surface area contributed by atoms with Crippen LogP contribution in [0.4, 0.5) is 0 Å². The molecule has 0 spiro atoms.